The molecule has 0 unspecified atom stereocenters. The molecular formula is C25H26ClNO2. The number of benzene rings is 3. The smallest absolute Gasteiger partial charge is 0.257 e. The second kappa shape index (κ2) is 10.1. The van der Waals surface area contributed by atoms with E-state index in [1.807, 2.05) is 38.1 Å². The van der Waals surface area contributed by atoms with E-state index >= 15 is 0 Å². The van der Waals surface area contributed by atoms with Gasteiger partial charge in [-0.3, -0.25) is 4.79 Å². The molecule has 150 valence electrons. The van der Waals surface area contributed by atoms with Crippen molar-refractivity contribution in [2.75, 3.05) is 13.2 Å². The van der Waals surface area contributed by atoms with E-state index in [9.17, 15) is 4.79 Å². The fourth-order valence-corrected chi connectivity index (χ4v) is 3.89. The van der Waals surface area contributed by atoms with Gasteiger partial charge in [0.25, 0.3) is 5.91 Å². The fourth-order valence-electron chi connectivity index (χ4n) is 3.57. The molecule has 3 aromatic carbocycles. The van der Waals surface area contributed by atoms with E-state index < -0.39 is 0 Å². The maximum atomic E-state index is 12.3. The molecule has 0 aliphatic rings. The van der Waals surface area contributed by atoms with Crippen molar-refractivity contribution in [1.82, 2.24) is 5.32 Å². The largest absolute Gasteiger partial charge is 0.483 e. The van der Waals surface area contributed by atoms with Crippen molar-refractivity contribution < 1.29 is 9.53 Å². The summed E-state index contributed by atoms with van der Waals surface area (Å²) in [4.78, 5) is 12.3. The highest BCUT2D eigenvalue weighted by Crippen LogP contribution is 2.28. The number of aryl methyl sites for hydroxylation is 2. The minimum atomic E-state index is -0.126. The summed E-state index contributed by atoms with van der Waals surface area (Å²) in [5, 5.41) is 3.65. The highest BCUT2D eigenvalue weighted by atomic mass is 35.5. The average Bonchev–Trinajstić information content (AvgIpc) is 2.71. The van der Waals surface area contributed by atoms with Gasteiger partial charge < -0.3 is 10.1 Å². The van der Waals surface area contributed by atoms with Gasteiger partial charge in [-0.15, -0.1) is 0 Å². The minimum Gasteiger partial charge on any atom is -0.483 e. The Bertz CT molecular complexity index is 879. The molecule has 3 rings (SSSR count). The van der Waals surface area contributed by atoms with Gasteiger partial charge >= 0.3 is 0 Å². The molecule has 3 nitrogen and oxygen atoms in total. The third-order valence-electron chi connectivity index (χ3n) is 4.93. The molecular weight excluding hydrogens is 382 g/mol. The first-order valence-electron chi connectivity index (χ1n) is 9.80. The molecule has 3 aromatic rings. The van der Waals surface area contributed by atoms with Crippen molar-refractivity contribution >= 4 is 17.5 Å². The van der Waals surface area contributed by atoms with Crippen LogP contribution >= 0.6 is 11.6 Å². The van der Waals surface area contributed by atoms with E-state index in [0.29, 0.717) is 11.6 Å². The van der Waals surface area contributed by atoms with Crippen LogP contribution in [0.4, 0.5) is 0 Å². The minimum absolute atomic E-state index is 0.00927. The molecule has 0 aliphatic carbocycles. The number of rotatable bonds is 8. The second-order valence-corrected chi connectivity index (χ2v) is 7.61. The zero-order valence-corrected chi connectivity index (χ0v) is 17.6. The monoisotopic (exact) mass is 407 g/mol. The third-order valence-corrected chi connectivity index (χ3v) is 5.15. The normalized spacial score (nSPS) is 10.8. The summed E-state index contributed by atoms with van der Waals surface area (Å²) in [5.74, 6) is 0.828. The first kappa shape index (κ1) is 20.9. The Morgan fingerprint density at radius 2 is 1.45 bits per heavy atom. The molecule has 0 saturated heterocycles. The molecule has 29 heavy (non-hydrogen) atoms. The summed E-state index contributed by atoms with van der Waals surface area (Å²) in [6, 6.07) is 24.5. The number of hydrogen-bond acceptors (Lipinski definition) is 2. The second-order valence-electron chi connectivity index (χ2n) is 7.17. The fraction of sp³-hybridized carbons (Fsp3) is 0.240. The maximum absolute atomic E-state index is 12.3. The van der Waals surface area contributed by atoms with Crippen molar-refractivity contribution in [2.24, 2.45) is 0 Å². The zero-order valence-electron chi connectivity index (χ0n) is 16.8. The van der Waals surface area contributed by atoms with Gasteiger partial charge in [-0.25, -0.2) is 0 Å². The quantitative estimate of drug-likeness (QED) is 0.522. The SMILES string of the molecule is Cc1cc(Cl)cc(C)c1OCC(=O)NCCC(c1ccccc1)c1ccccc1. The van der Waals surface area contributed by atoms with Crippen LogP contribution in [0, 0.1) is 13.8 Å². The molecule has 1 amide bonds. The number of nitrogens with one attached hydrogen (secondary N) is 1. The van der Waals surface area contributed by atoms with E-state index in [2.05, 4.69) is 53.8 Å². The van der Waals surface area contributed by atoms with E-state index in [1.165, 1.54) is 11.1 Å². The average molecular weight is 408 g/mol. The Hall–Kier alpha value is -2.78. The van der Waals surface area contributed by atoms with Gasteiger partial charge in [0.05, 0.1) is 0 Å². The molecule has 0 saturated carbocycles. The molecule has 0 fully saturated rings. The van der Waals surface area contributed by atoms with Crippen molar-refractivity contribution in [3.63, 3.8) is 0 Å². The summed E-state index contributed by atoms with van der Waals surface area (Å²) < 4.78 is 5.74. The van der Waals surface area contributed by atoms with Gasteiger partial charge in [-0.2, -0.15) is 0 Å². The van der Waals surface area contributed by atoms with Crippen LogP contribution in [0.1, 0.15) is 34.6 Å². The van der Waals surface area contributed by atoms with Crippen LogP contribution in [0.3, 0.4) is 0 Å². The number of amides is 1. The van der Waals surface area contributed by atoms with Gasteiger partial charge in [0.15, 0.2) is 6.61 Å². The summed E-state index contributed by atoms with van der Waals surface area (Å²) in [6.45, 7) is 4.42. The number of hydrogen-bond donors (Lipinski definition) is 1. The first-order chi connectivity index (χ1) is 14.0. The van der Waals surface area contributed by atoms with Gasteiger partial charge in [0.2, 0.25) is 0 Å². The highest BCUT2D eigenvalue weighted by molar-refractivity contribution is 6.30. The topological polar surface area (TPSA) is 38.3 Å². The Morgan fingerprint density at radius 3 is 1.97 bits per heavy atom. The number of carbonyl (C=O) groups is 1. The van der Waals surface area contributed by atoms with Gasteiger partial charge in [0, 0.05) is 17.5 Å². The zero-order chi connectivity index (χ0) is 20.6. The van der Waals surface area contributed by atoms with Crippen LogP contribution in [0.5, 0.6) is 5.75 Å². The van der Waals surface area contributed by atoms with Gasteiger partial charge in [-0.05, 0) is 54.7 Å². The Labute approximate surface area is 177 Å². The summed E-state index contributed by atoms with van der Waals surface area (Å²) in [5.41, 5.74) is 4.35. The van der Waals surface area contributed by atoms with E-state index in [-0.39, 0.29) is 18.4 Å². The molecule has 0 heterocycles. The predicted molar refractivity (Wildman–Crippen MR) is 119 cm³/mol. The van der Waals surface area contributed by atoms with Crippen molar-refractivity contribution in [3.05, 3.63) is 100 Å². The molecule has 0 bridgehead atoms. The van der Waals surface area contributed by atoms with Crippen LogP contribution in [0.15, 0.2) is 72.8 Å². The van der Waals surface area contributed by atoms with Crippen LogP contribution in [0.25, 0.3) is 0 Å². The lowest BCUT2D eigenvalue weighted by atomic mass is 9.88. The van der Waals surface area contributed by atoms with Crippen molar-refractivity contribution in [2.45, 2.75) is 26.2 Å². The lowest BCUT2D eigenvalue weighted by Crippen LogP contribution is -2.30. The molecule has 0 aromatic heterocycles. The molecule has 4 heteroatoms. The van der Waals surface area contributed by atoms with E-state index in [4.69, 9.17) is 16.3 Å². The van der Waals surface area contributed by atoms with E-state index in [1.54, 1.807) is 0 Å². The first-order valence-corrected chi connectivity index (χ1v) is 10.2. The standard InChI is InChI=1S/C25H26ClNO2/c1-18-15-22(26)16-19(2)25(18)29-17-24(28)27-14-13-23(20-9-5-3-6-10-20)21-11-7-4-8-12-21/h3-12,15-16,23H,13-14,17H2,1-2H3,(H,27,28). The highest BCUT2D eigenvalue weighted by Gasteiger charge is 2.14. The lowest BCUT2D eigenvalue weighted by molar-refractivity contribution is -0.123. The summed E-state index contributed by atoms with van der Waals surface area (Å²) >= 11 is 6.05. The van der Waals surface area contributed by atoms with E-state index in [0.717, 1.165) is 23.3 Å². The Kier molecular flexibility index (Phi) is 7.31. The molecule has 0 spiro atoms. The molecule has 0 radical (unpaired) electrons. The molecule has 0 atom stereocenters. The predicted octanol–water partition coefficient (Wildman–Crippen LogP) is 5.67. The van der Waals surface area contributed by atoms with Crippen LogP contribution < -0.4 is 10.1 Å². The molecule has 0 aliphatic heterocycles. The van der Waals surface area contributed by atoms with Crippen LogP contribution in [-0.4, -0.2) is 19.1 Å². The summed E-state index contributed by atoms with van der Waals surface area (Å²) in [6.07, 6.45) is 0.818. The van der Waals surface area contributed by atoms with Gasteiger partial charge in [0.1, 0.15) is 5.75 Å². The summed E-state index contributed by atoms with van der Waals surface area (Å²) in [7, 11) is 0. The van der Waals surface area contributed by atoms with Crippen molar-refractivity contribution in [3.8, 4) is 5.75 Å². The number of halogens is 1. The van der Waals surface area contributed by atoms with Crippen LogP contribution in [0.2, 0.25) is 5.02 Å². The lowest BCUT2D eigenvalue weighted by Gasteiger charge is -2.18. The Balaban J connectivity index is 1.57. The van der Waals surface area contributed by atoms with Crippen molar-refractivity contribution in [1.29, 1.82) is 0 Å². The third kappa shape index (κ3) is 5.85. The molecule has 1 N–H and O–H groups in total. The maximum Gasteiger partial charge on any atom is 0.257 e. The Morgan fingerprint density at radius 1 is 0.931 bits per heavy atom. The number of ether oxygens (including phenoxy) is 1. The van der Waals surface area contributed by atoms with Gasteiger partial charge in [-0.1, -0.05) is 72.3 Å². The van der Waals surface area contributed by atoms with Crippen LogP contribution in [-0.2, 0) is 4.79 Å². The number of carbonyl (C=O) groups excluding carboxylic acids is 1.